The van der Waals surface area contributed by atoms with Crippen LogP contribution in [-0.2, 0) is 10.0 Å². The van der Waals surface area contributed by atoms with Gasteiger partial charge in [-0.25, -0.2) is 8.42 Å². The van der Waals surface area contributed by atoms with Crippen LogP contribution >= 0.6 is 11.3 Å². The van der Waals surface area contributed by atoms with Gasteiger partial charge in [0.2, 0.25) is 0 Å². The Morgan fingerprint density at radius 3 is 3.00 bits per heavy atom. The maximum absolute atomic E-state index is 12.1. The first-order chi connectivity index (χ1) is 7.60. The molecule has 1 aromatic heterocycles. The summed E-state index contributed by atoms with van der Waals surface area (Å²) >= 11 is 1.27. The maximum Gasteiger partial charge on any atom is 0.252 e. The number of nitrogens with zero attached hydrogens (tertiary/aromatic N) is 1. The lowest BCUT2D eigenvalue weighted by molar-refractivity contribution is 0.418. The molecule has 1 N–H and O–H groups in total. The van der Waals surface area contributed by atoms with Crippen molar-refractivity contribution < 1.29 is 8.42 Å². The first-order valence-electron chi connectivity index (χ1n) is 5.34. The van der Waals surface area contributed by atoms with Gasteiger partial charge in [0.05, 0.1) is 0 Å². The smallest absolute Gasteiger partial charge is 0.252 e. The van der Waals surface area contributed by atoms with E-state index in [0.29, 0.717) is 16.8 Å². The topological polar surface area (TPSA) is 49.4 Å². The highest BCUT2D eigenvalue weighted by Gasteiger charge is 2.25. The number of thiophene rings is 1. The van der Waals surface area contributed by atoms with Gasteiger partial charge in [0, 0.05) is 19.6 Å². The van der Waals surface area contributed by atoms with Crippen LogP contribution in [0.1, 0.15) is 12.8 Å². The summed E-state index contributed by atoms with van der Waals surface area (Å²) < 4.78 is 26.0. The fourth-order valence-electron chi connectivity index (χ4n) is 1.88. The van der Waals surface area contributed by atoms with Crippen molar-refractivity contribution in [3.05, 3.63) is 17.5 Å². The van der Waals surface area contributed by atoms with E-state index in [4.69, 9.17) is 0 Å². The molecule has 1 aromatic rings. The number of hydrogen-bond acceptors (Lipinski definition) is 4. The number of nitrogens with one attached hydrogen (secondary N) is 1. The minimum atomic E-state index is -3.27. The minimum Gasteiger partial charge on any atom is -0.313 e. The number of rotatable bonds is 4. The molecule has 1 atom stereocenters. The van der Waals surface area contributed by atoms with Crippen molar-refractivity contribution in [1.29, 1.82) is 0 Å². The molecule has 1 aliphatic heterocycles. The molecule has 0 amide bonds. The average Bonchev–Trinajstić information content (AvgIpc) is 2.89. The predicted molar refractivity (Wildman–Crippen MR) is 65.2 cm³/mol. The Kier molecular flexibility index (Phi) is 3.63. The van der Waals surface area contributed by atoms with Gasteiger partial charge in [-0.3, -0.25) is 0 Å². The standard InChI is InChI=1S/C10H16N2O2S2/c1-12(8-9-4-2-6-11-9)16(13,14)10-5-3-7-15-10/h3,5,7,9,11H,2,4,6,8H2,1H3/t9-/m1/s1. The Morgan fingerprint density at radius 2 is 2.44 bits per heavy atom. The van der Waals surface area contributed by atoms with Crippen LogP contribution < -0.4 is 5.32 Å². The second kappa shape index (κ2) is 4.83. The zero-order valence-corrected chi connectivity index (χ0v) is 10.9. The third-order valence-electron chi connectivity index (χ3n) is 2.80. The van der Waals surface area contributed by atoms with Crippen LogP contribution in [0.3, 0.4) is 0 Å². The molecule has 0 saturated carbocycles. The fraction of sp³-hybridized carbons (Fsp3) is 0.600. The molecule has 16 heavy (non-hydrogen) atoms. The predicted octanol–water partition coefficient (Wildman–Crippen LogP) is 1.12. The third-order valence-corrected chi connectivity index (χ3v) is 6.00. The van der Waals surface area contributed by atoms with Crippen molar-refractivity contribution in [3.63, 3.8) is 0 Å². The van der Waals surface area contributed by atoms with Crippen molar-refractivity contribution in [3.8, 4) is 0 Å². The quantitative estimate of drug-likeness (QED) is 0.882. The van der Waals surface area contributed by atoms with E-state index in [9.17, 15) is 8.42 Å². The van der Waals surface area contributed by atoms with Crippen LogP contribution in [0.5, 0.6) is 0 Å². The van der Waals surface area contributed by atoms with Gasteiger partial charge in [-0.1, -0.05) is 6.07 Å². The summed E-state index contributed by atoms with van der Waals surface area (Å²) in [5, 5.41) is 5.09. The Labute approximate surface area is 100 Å². The number of hydrogen-bond donors (Lipinski definition) is 1. The lowest BCUT2D eigenvalue weighted by Crippen LogP contribution is -2.38. The zero-order valence-electron chi connectivity index (χ0n) is 9.22. The van der Waals surface area contributed by atoms with Gasteiger partial charge in [-0.2, -0.15) is 4.31 Å². The molecule has 1 fully saturated rings. The zero-order chi connectivity index (χ0) is 11.6. The molecule has 0 radical (unpaired) electrons. The summed E-state index contributed by atoms with van der Waals surface area (Å²) in [5.41, 5.74) is 0. The van der Waals surface area contributed by atoms with Gasteiger partial charge < -0.3 is 5.32 Å². The van der Waals surface area contributed by atoms with E-state index in [1.807, 2.05) is 0 Å². The van der Waals surface area contributed by atoms with E-state index >= 15 is 0 Å². The molecule has 4 nitrogen and oxygen atoms in total. The molecule has 1 aliphatic rings. The van der Waals surface area contributed by atoms with Crippen molar-refractivity contribution in [1.82, 2.24) is 9.62 Å². The van der Waals surface area contributed by atoms with Crippen molar-refractivity contribution >= 4 is 21.4 Å². The summed E-state index contributed by atoms with van der Waals surface area (Å²) in [5.74, 6) is 0. The highest BCUT2D eigenvalue weighted by atomic mass is 32.2. The van der Waals surface area contributed by atoms with E-state index in [1.54, 1.807) is 24.6 Å². The van der Waals surface area contributed by atoms with Gasteiger partial charge in [-0.15, -0.1) is 11.3 Å². The molecule has 0 bridgehead atoms. The second-order valence-electron chi connectivity index (χ2n) is 4.01. The normalized spacial score (nSPS) is 21.8. The van der Waals surface area contributed by atoms with Crippen LogP contribution in [0.15, 0.2) is 21.7 Å². The monoisotopic (exact) mass is 260 g/mol. The highest BCUT2D eigenvalue weighted by molar-refractivity contribution is 7.91. The van der Waals surface area contributed by atoms with Crippen LogP contribution in [0, 0.1) is 0 Å². The Hall–Kier alpha value is -0.430. The molecule has 2 rings (SSSR count). The van der Waals surface area contributed by atoms with E-state index in [-0.39, 0.29) is 0 Å². The van der Waals surface area contributed by atoms with Crippen LogP contribution in [0.25, 0.3) is 0 Å². The SMILES string of the molecule is CN(C[C@H]1CCCN1)S(=O)(=O)c1cccs1. The first kappa shape index (κ1) is 12.0. The lowest BCUT2D eigenvalue weighted by Gasteiger charge is -2.20. The molecule has 0 aliphatic carbocycles. The number of likely N-dealkylation sites (N-methyl/N-ethyl adjacent to an activating group) is 1. The largest absolute Gasteiger partial charge is 0.313 e. The summed E-state index contributed by atoms with van der Waals surface area (Å²) in [6.07, 6.45) is 2.20. The maximum atomic E-state index is 12.1. The van der Waals surface area contributed by atoms with Gasteiger partial charge in [-0.05, 0) is 30.8 Å². The average molecular weight is 260 g/mol. The highest BCUT2D eigenvalue weighted by Crippen LogP contribution is 2.20. The first-order valence-corrected chi connectivity index (χ1v) is 7.66. The molecular formula is C10H16N2O2S2. The van der Waals surface area contributed by atoms with Crippen LogP contribution in [0.4, 0.5) is 0 Å². The molecular weight excluding hydrogens is 244 g/mol. The molecule has 2 heterocycles. The summed E-state index contributed by atoms with van der Waals surface area (Å²) in [7, 11) is -1.62. The fourth-order valence-corrected chi connectivity index (χ4v) is 4.30. The van der Waals surface area contributed by atoms with Crippen molar-refractivity contribution in [2.45, 2.75) is 23.1 Å². The van der Waals surface area contributed by atoms with Gasteiger partial charge in [0.25, 0.3) is 10.0 Å². The summed E-state index contributed by atoms with van der Waals surface area (Å²) in [6.45, 7) is 1.55. The number of sulfonamides is 1. The lowest BCUT2D eigenvalue weighted by atomic mass is 10.2. The van der Waals surface area contributed by atoms with Gasteiger partial charge in [0.1, 0.15) is 4.21 Å². The molecule has 0 unspecified atom stereocenters. The van der Waals surface area contributed by atoms with E-state index < -0.39 is 10.0 Å². The molecule has 0 aromatic carbocycles. The molecule has 6 heteroatoms. The summed E-state index contributed by atoms with van der Waals surface area (Å²) in [4.78, 5) is 0. The molecule has 90 valence electrons. The summed E-state index contributed by atoms with van der Waals surface area (Å²) in [6, 6.07) is 3.72. The van der Waals surface area contributed by atoms with E-state index in [1.165, 1.54) is 15.6 Å². The Bertz CT molecular complexity index is 422. The third kappa shape index (κ3) is 2.45. The van der Waals surface area contributed by atoms with E-state index in [2.05, 4.69) is 5.32 Å². The Morgan fingerprint density at radius 1 is 1.62 bits per heavy atom. The van der Waals surface area contributed by atoms with Gasteiger partial charge >= 0.3 is 0 Å². The van der Waals surface area contributed by atoms with Crippen LogP contribution in [-0.4, -0.2) is 38.9 Å². The van der Waals surface area contributed by atoms with Crippen molar-refractivity contribution in [2.24, 2.45) is 0 Å². The van der Waals surface area contributed by atoms with Crippen molar-refractivity contribution in [2.75, 3.05) is 20.1 Å². The van der Waals surface area contributed by atoms with Crippen LogP contribution in [0.2, 0.25) is 0 Å². The molecule has 1 saturated heterocycles. The van der Waals surface area contributed by atoms with Gasteiger partial charge in [0.15, 0.2) is 0 Å². The van der Waals surface area contributed by atoms with E-state index in [0.717, 1.165) is 19.4 Å². The second-order valence-corrected chi connectivity index (χ2v) is 7.23. The minimum absolute atomic E-state index is 0.305. The Balaban J connectivity index is 2.06. The molecule has 0 spiro atoms.